The number of aliphatic carboxylic acids is 1. The molecule has 1 aromatic carbocycles. The van der Waals surface area contributed by atoms with E-state index in [2.05, 4.69) is 31.9 Å². The molecule has 3 nitrogen and oxygen atoms in total. The highest BCUT2D eigenvalue weighted by atomic mass is 79.9. The molecule has 6 heteroatoms. The van der Waals surface area contributed by atoms with Crippen LogP contribution in [0.25, 0.3) is 0 Å². The summed E-state index contributed by atoms with van der Waals surface area (Å²) in [6.07, 6.45) is -1.60. The van der Waals surface area contributed by atoms with Gasteiger partial charge in [-0.15, -0.1) is 0 Å². The van der Waals surface area contributed by atoms with E-state index in [-0.39, 0.29) is 10.6 Å². The van der Waals surface area contributed by atoms with Gasteiger partial charge in [0.25, 0.3) is 0 Å². The summed E-state index contributed by atoms with van der Waals surface area (Å²) < 4.78 is 1.22. The van der Waals surface area contributed by atoms with E-state index in [4.69, 9.17) is 16.7 Å². The van der Waals surface area contributed by atoms with Crippen molar-refractivity contribution in [2.24, 2.45) is 0 Å². The first-order valence-electron chi connectivity index (χ1n) is 3.49. The van der Waals surface area contributed by atoms with Crippen LogP contribution in [-0.2, 0) is 4.79 Å². The van der Waals surface area contributed by atoms with Gasteiger partial charge in [0.2, 0.25) is 0 Å². The zero-order valence-electron chi connectivity index (χ0n) is 6.67. The number of aliphatic hydroxyl groups is 1. The van der Waals surface area contributed by atoms with Gasteiger partial charge in [-0.2, -0.15) is 0 Å². The Kier molecular flexibility index (Phi) is 3.94. The monoisotopic (exact) mass is 342 g/mol. The third-order valence-corrected chi connectivity index (χ3v) is 4.25. The normalized spacial score (nSPS) is 12.6. The van der Waals surface area contributed by atoms with E-state index in [9.17, 15) is 9.90 Å². The van der Waals surface area contributed by atoms with Gasteiger partial charge in [0, 0.05) is 10.0 Å². The SMILES string of the molecule is O=C(O)C(O)c1ccc(Br)c(Br)c1Cl. The zero-order valence-corrected chi connectivity index (χ0v) is 10.6. The summed E-state index contributed by atoms with van der Waals surface area (Å²) in [5.41, 5.74) is 0.161. The van der Waals surface area contributed by atoms with E-state index >= 15 is 0 Å². The minimum absolute atomic E-state index is 0.161. The second kappa shape index (κ2) is 4.61. The predicted octanol–water partition coefficient (Wildman–Crippen LogP) is 2.98. The van der Waals surface area contributed by atoms with E-state index in [0.717, 1.165) is 0 Å². The van der Waals surface area contributed by atoms with E-state index in [1.165, 1.54) is 6.07 Å². The summed E-state index contributed by atoms with van der Waals surface area (Å²) in [5, 5.41) is 18.0. The van der Waals surface area contributed by atoms with Gasteiger partial charge in [-0.05, 0) is 37.9 Å². The number of carboxylic acids is 1. The molecule has 0 spiro atoms. The van der Waals surface area contributed by atoms with Gasteiger partial charge in [-0.25, -0.2) is 4.79 Å². The van der Waals surface area contributed by atoms with Crippen molar-refractivity contribution < 1.29 is 15.0 Å². The van der Waals surface area contributed by atoms with Crippen LogP contribution >= 0.6 is 43.5 Å². The quantitative estimate of drug-likeness (QED) is 0.811. The maximum Gasteiger partial charge on any atom is 0.337 e. The molecule has 0 fully saturated rings. The maximum absolute atomic E-state index is 10.5. The second-order valence-electron chi connectivity index (χ2n) is 2.51. The molecule has 1 atom stereocenters. The lowest BCUT2D eigenvalue weighted by molar-refractivity contribution is -0.146. The summed E-state index contributed by atoms with van der Waals surface area (Å²) >= 11 is 12.2. The Morgan fingerprint density at radius 3 is 2.50 bits per heavy atom. The summed E-state index contributed by atoms with van der Waals surface area (Å²) in [7, 11) is 0. The third kappa shape index (κ3) is 2.28. The fraction of sp³-hybridized carbons (Fsp3) is 0.125. The van der Waals surface area contributed by atoms with Crippen molar-refractivity contribution in [3.8, 4) is 0 Å². The van der Waals surface area contributed by atoms with Crippen molar-refractivity contribution in [3.63, 3.8) is 0 Å². The van der Waals surface area contributed by atoms with Gasteiger partial charge in [0.05, 0.1) is 9.50 Å². The number of carbonyl (C=O) groups is 1. The zero-order chi connectivity index (χ0) is 10.9. The first-order valence-corrected chi connectivity index (χ1v) is 5.45. The molecule has 1 rings (SSSR count). The fourth-order valence-corrected chi connectivity index (χ4v) is 1.96. The van der Waals surface area contributed by atoms with Crippen LogP contribution in [0.4, 0.5) is 0 Å². The largest absolute Gasteiger partial charge is 0.479 e. The van der Waals surface area contributed by atoms with Crippen molar-refractivity contribution in [2.75, 3.05) is 0 Å². The van der Waals surface area contributed by atoms with Crippen LogP contribution in [0.5, 0.6) is 0 Å². The van der Waals surface area contributed by atoms with Crippen molar-refractivity contribution in [3.05, 3.63) is 31.7 Å². The Bertz CT molecular complexity index is 381. The van der Waals surface area contributed by atoms with Gasteiger partial charge < -0.3 is 10.2 Å². The van der Waals surface area contributed by atoms with Crippen LogP contribution in [-0.4, -0.2) is 16.2 Å². The minimum atomic E-state index is -1.60. The molecule has 76 valence electrons. The maximum atomic E-state index is 10.5. The first kappa shape index (κ1) is 12.0. The number of rotatable bonds is 2. The fourth-order valence-electron chi connectivity index (χ4n) is 0.885. The lowest BCUT2D eigenvalue weighted by Crippen LogP contribution is -2.11. The topological polar surface area (TPSA) is 57.5 Å². The van der Waals surface area contributed by atoms with E-state index in [1.807, 2.05) is 0 Å². The van der Waals surface area contributed by atoms with Gasteiger partial charge in [0.1, 0.15) is 0 Å². The Hall–Kier alpha value is -0.100. The first-order chi connectivity index (χ1) is 6.45. The van der Waals surface area contributed by atoms with E-state index < -0.39 is 12.1 Å². The number of halogens is 3. The van der Waals surface area contributed by atoms with Crippen molar-refractivity contribution in [2.45, 2.75) is 6.10 Å². The van der Waals surface area contributed by atoms with Crippen molar-refractivity contribution in [1.82, 2.24) is 0 Å². The molecule has 0 aliphatic heterocycles. The van der Waals surface area contributed by atoms with Gasteiger partial charge in [-0.3, -0.25) is 0 Å². The number of carboxylic acid groups (broad SMARTS) is 1. The highest BCUT2D eigenvalue weighted by Gasteiger charge is 2.20. The van der Waals surface area contributed by atoms with Crippen LogP contribution in [0.1, 0.15) is 11.7 Å². The molecular weight excluding hydrogens is 339 g/mol. The molecule has 0 radical (unpaired) electrons. The van der Waals surface area contributed by atoms with Crippen molar-refractivity contribution >= 4 is 49.4 Å². The van der Waals surface area contributed by atoms with Crippen LogP contribution in [0.2, 0.25) is 5.02 Å². The number of benzene rings is 1. The molecule has 1 unspecified atom stereocenters. The number of hydrogen-bond donors (Lipinski definition) is 2. The molecule has 0 saturated heterocycles. The summed E-state index contributed by atoms with van der Waals surface area (Å²) in [6, 6.07) is 3.06. The molecule has 0 amide bonds. The summed E-state index contributed by atoms with van der Waals surface area (Å²) in [6.45, 7) is 0. The third-order valence-electron chi connectivity index (χ3n) is 1.59. The van der Waals surface area contributed by atoms with Gasteiger partial charge in [0.15, 0.2) is 6.10 Å². The summed E-state index contributed by atoms with van der Waals surface area (Å²) in [5.74, 6) is -1.33. The predicted molar refractivity (Wildman–Crippen MR) is 59.4 cm³/mol. The highest BCUT2D eigenvalue weighted by Crippen LogP contribution is 2.35. The van der Waals surface area contributed by atoms with E-state index in [1.54, 1.807) is 6.07 Å². The minimum Gasteiger partial charge on any atom is -0.479 e. The average molecular weight is 344 g/mol. The highest BCUT2D eigenvalue weighted by molar-refractivity contribution is 9.13. The molecule has 0 aromatic heterocycles. The number of hydrogen-bond acceptors (Lipinski definition) is 2. The standard InChI is InChI=1S/C8H5Br2ClO3/c9-4-2-1-3(6(11)5(4)10)7(12)8(13)14/h1-2,7,12H,(H,13,14). The molecule has 1 aromatic rings. The smallest absolute Gasteiger partial charge is 0.337 e. The molecular formula is C8H5Br2ClO3. The molecule has 0 bridgehead atoms. The lowest BCUT2D eigenvalue weighted by atomic mass is 10.1. The molecule has 0 heterocycles. The lowest BCUT2D eigenvalue weighted by Gasteiger charge is -2.10. The Labute approximate surface area is 102 Å². The molecule has 0 aliphatic rings. The van der Waals surface area contributed by atoms with Crippen LogP contribution in [0.3, 0.4) is 0 Å². The second-order valence-corrected chi connectivity index (χ2v) is 4.53. The molecule has 14 heavy (non-hydrogen) atoms. The van der Waals surface area contributed by atoms with Gasteiger partial charge >= 0.3 is 5.97 Å². The summed E-state index contributed by atoms with van der Waals surface area (Å²) in [4.78, 5) is 10.5. The molecule has 0 aliphatic carbocycles. The molecule has 0 saturated carbocycles. The number of aliphatic hydroxyl groups excluding tert-OH is 1. The van der Waals surface area contributed by atoms with E-state index in [0.29, 0.717) is 8.95 Å². The Morgan fingerprint density at radius 2 is 2.00 bits per heavy atom. The van der Waals surface area contributed by atoms with Crippen LogP contribution in [0, 0.1) is 0 Å². The average Bonchev–Trinajstić information content (AvgIpc) is 2.13. The Morgan fingerprint density at radius 1 is 1.43 bits per heavy atom. The van der Waals surface area contributed by atoms with Crippen LogP contribution < -0.4 is 0 Å². The van der Waals surface area contributed by atoms with Crippen molar-refractivity contribution in [1.29, 1.82) is 0 Å². The van der Waals surface area contributed by atoms with Gasteiger partial charge in [-0.1, -0.05) is 17.7 Å². The molecule has 2 N–H and O–H groups in total. The Balaban J connectivity index is 3.24. The van der Waals surface area contributed by atoms with Crippen LogP contribution in [0.15, 0.2) is 21.1 Å².